The van der Waals surface area contributed by atoms with Crippen LogP contribution in [0.25, 0.3) is 0 Å². The minimum Gasteiger partial charge on any atom is -0.454 e. The second-order valence-electron chi connectivity index (χ2n) is 5.15. The minimum absolute atomic E-state index is 0.0418. The zero-order valence-corrected chi connectivity index (χ0v) is 13.6. The van der Waals surface area contributed by atoms with Gasteiger partial charge < -0.3 is 9.64 Å². The molecule has 1 N–H and O–H groups in total. The summed E-state index contributed by atoms with van der Waals surface area (Å²) in [6.07, 6.45) is 0. The van der Waals surface area contributed by atoms with Gasteiger partial charge in [-0.05, 0) is 37.3 Å². The van der Waals surface area contributed by atoms with Crippen molar-refractivity contribution < 1.29 is 17.9 Å². The Morgan fingerprint density at radius 2 is 1.87 bits per heavy atom. The van der Waals surface area contributed by atoms with E-state index in [-0.39, 0.29) is 11.7 Å². The number of nitrogens with zero attached hydrogens (tertiary/aromatic N) is 1. The van der Waals surface area contributed by atoms with Gasteiger partial charge in [-0.2, -0.15) is 0 Å². The standard InChI is InChI=1S/C16H16N2O4S/c1-3-23(20,21)17-11-8-9-14-12(10-11)16(19)18(2)13-6-4-5-7-15(13)22-14/h4-10,17H,3H2,1-2H3. The number of anilines is 2. The van der Waals surface area contributed by atoms with Crippen LogP contribution in [-0.4, -0.2) is 27.1 Å². The number of carbonyl (C=O) groups is 1. The second-order valence-corrected chi connectivity index (χ2v) is 7.16. The molecule has 1 aliphatic rings. The highest BCUT2D eigenvalue weighted by molar-refractivity contribution is 7.92. The Bertz CT molecular complexity index is 877. The summed E-state index contributed by atoms with van der Waals surface area (Å²) in [5, 5.41) is 0. The molecule has 1 heterocycles. The third-order valence-corrected chi connectivity index (χ3v) is 4.92. The molecule has 0 radical (unpaired) electrons. The summed E-state index contributed by atoms with van der Waals surface area (Å²) in [4.78, 5) is 14.1. The van der Waals surface area contributed by atoms with Gasteiger partial charge in [0.05, 0.1) is 17.0 Å². The summed E-state index contributed by atoms with van der Waals surface area (Å²) >= 11 is 0. The van der Waals surface area contributed by atoms with Crippen molar-refractivity contribution in [1.82, 2.24) is 0 Å². The molecule has 0 bridgehead atoms. The largest absolute Gasteiger partial charge is 0.454 e. The number of carbonyl (C=O) groups excluding carboxylic acids is 1. The van der Waals surface area contributed by atoms with Crippen LogP contribution in [0.15, 0.2) is 42.5 Å². The lowest BCUT2D eigenvalue weighted by molar-refractivity contribution is 0.0993. The highest BCUT2D eigenvalue weighted by Gasteiger charge is 2.26. The Morgan fingerprint density at radius 1 is 1.13 bits per heavy atom. The van der Waals surface area contributed by atoms with Crippen molar-refractivity contribution in [3.63, 3.8) is 0 Å². The molecule has 0 atom stereocenters. The molecule has 0 aliphatic carbocycles. The number of sulfonamides is 1. The molecule has 2 aromatic rings. The van der Waals surface area contributed by atoms with E-state index in [1.54, 1.807) is 38.2 Å². The van der Waals surface area contributed by atoms with Gasteiger partial charge in [-0.25, -0.2) is 8.42 Å². The number of hydrogen-bond acceptors (Lipinski definition) is 4. The van der Waals surface area contributed by atoms with E-state index in [9.17, 15) is 13.2 Å². The molecule has 0 spiro atoms. The summed E-state index contributed by atoms with van der Waals surface area (Å²) in [7, 11) is -1.75. The zero-order chi connectivity index (χ0) is 16.6. The van der Waals surface area contributed by atoms with Crippen LogP contribution >= 0.6 is 0 Å². The van der Waals surface area contributed by atoms with Gasteiger partial charge >= 0.3 is 0 Å². The lowest BCUT2D eigenvalue weighted by Gasteiger charge is -2.16. The fourth-order valence-electron chi connectivity index (χ4n) is 2.33. The number of hydrogen-bond donors (Lipinski definition) is 1. The molecule has 0 unspecified atom stereocenters. The van der Waals surface area contributed by atoms with E-state index in [2.05, 4.69) is 4.72 Å². The van der Waals surface area contributed by atoms with E-state index in [4.69, 9.17) is 4.74 Å². The van der Waals surface area contributed by atoms with Gasteiger partial charge in [-0.3, -0.25) is 9.52 Å². The fraction of sp³-hybridized carbons (Fsp3) is 0.188. The first-order chi connectivity index (χ1) is 10.9. The maximum absolute atomic E-state index is 12.7. The van der Waals surface area contributed by atoms with Crippen LogP contribution < -0.4 is 14.4 Å². The highest BCUT2D eigenvalue weighted by Crippen LogP contribution is 2.38. The summed E-state index contributed by atoms with van der Waals surface area (Å²) in [6.45, 7) is 1.55. The van der Waals surface area contributed by atoms with Crippen molar-refractivity contribution in [2.24, 2.45) is 0 Å². The number of amides is 1. The first-order valence-electron chi connectivity index (χ1n) is 7.11. The lowest BCUT2D eigenvalue weighted by atomic mass is 10.1. The molecule has 0 saturated heterocycles. The molecule has 3 rings (SSSR count). The van der Waals surface area contributed by atoms with E-state index >= 15 is 0 Å². The average Bonchev–Trinajstić information content (AvgIpc) is 2.64. The monoisotopic (exact) mass is 332 g/mol. The smallest absolute Gasteiger partial charge is 0.261 e. The molecule has 1 amide bonds. The Balaban J connectivity index is 2.06. The van der Waals surface area contributed by atoms with E-state index in [0.717, 1.165) is 0 Å². The van der Waals surface area contributed by atoms with Crippen LogP contribution in [0.4, 0.5) is 11.4 Å². The summed E-state index contributed by atoms with van der Waals surface area (Å²) < 4.78 is 31.6. The molecule has 6 nitrogen and oxygen atoms in total. The molecule has 0 fully saturated rings. The van der Waals surface area contributed by atoms with Crippen molar-refractivity contribution in [1.29, 1.82) is 0 Å². The number of ether oxygens (including phenoxy) is 1. The van der Waals surface area contributed by atoms with E-state index in [1.165, 1.54) is 11.0 Å². The quantitative estimate of drug-likeness (QED) is 0.938. The summed E-state index contributed by atoms with van der Waals surface area (Å²) in [5.41, 5.74) is 1.30. The first kappa shape index (κ1) is 15.4. The molecule has 120 valence electrons. The molecule has 1 aliphatic heterocycles. The molecule has 23 heavy (non-hydrogen) atoms. The third kappa shape index (κ3) is 2.87. The van der Waals surface area contributed by atoms with Gasteiger partial charge in [-0.1, -0.05) is 12.1 Å². The van der Waals surface area contributed by atoms with Gasteiger partial charge in [0.1, 0.15) is 5.75 Å². The van der Waals surface area contributed by atoms with Crippen LogP contribution in [0.1, 0.15) is 17.3 Å². The van der Waals surface area contributed by atoms with Gasteiger partial charge in [0.15, 0.2) is 5.75 Å². The van der Waals surface area contributed by atoms with Crippen molar-refractivity contribution in [3.8, 4) is 11.5 Å². The average molecular weight is 332 g/mol. The number of rotatable bonds is 3. The molecule has 0 aromatic heterocycles. The van der Waals surface area contributed by atoms with Crippen LogP contribution in [-0.2, 0) is 10.0 Å². The van der Waals surface area contributed by atoms with Crippen molar-refractivity contribution in [2.45, 2.75) is 6.92 Å². The molecular formula is C16H16N2O4S. The van der Waals surface area contributed by atoms with Gasteiger partial charge in [0, 0.05) is 12.7 Å². The van der Waals surface area contributed by atoms with Crippen LogP contribution in [0.3, 0.4) is 0 Å². The summed E-state index contributed by atoms with van der Waals surface area (Å²) in [5.74, 6) is 0.664. The minimum atomic E-state index is -3.41. The number of benzene rings is 2. The predicted octanol–water partition coefficient (Wildman–Crippen LogP) is 2.83. The van der Waals surface area contributed by atoms with Crippen LogP contribution in [0.5, 0.6) is 11.5 Å². The lowest BCUT2D eigenvalue weighted by Crippen LogP contribution is -2.25. The van der Waals surface area contributed by atoms with Crippen molar-refractivity contribution >= 4 is 27.3 Å². The van der Waals surface area contributed by atoms with E-state index in [0.29, 0.717) is 28.4 Å². The van der Waals surface area contributed by atoms with Crippen molar-refractivity contribution in [2.75, 3.05) is 22.4 Å². The van der Waals surface area contributed by atoms with Crippen molar-refractivity contribution in [3.05, 3.63) is 48.0 Å². The Kier molecular flexibility index (Phi) is 3.73. The Morgan fingerprint density at radius 3 is 2.61 bits per heavy atom. The van der Waals surface area contributed by atoms with Gasteiger partial charge in [0.2, 0.25) is 10.0 Å². The summed E-state index contributed by atoms with van der Waals surface area (Å²) in [6, 6.07) is 11.9. The van der Waals surface area contributed by atoms with Crippen LogP contribution in [0.2, 0.25) is 0 Å². The third-order valence-electron chi connectivity index (χ3n) is 3.61. The highest BCUT2D eigenvalue weighted by atomic mass is 32.2. The maximum atomic E-state index is 12.7. The normalized spacial score (nSPS) is 13.7. The Hall–Kier alpha value is -2.54. The molecule has 7 heteroatoms. The fourth-order valence-corrected chi connectivity index (χ4v) is 2.96. The number of nitrogens with one attached hydrogen (secondary N) is 1. The molecular weight excluding hydrogens is 316 g/mol. The SMILES string of the molecule is CCS(=O)(=O)Nc1ccc2c(c1)C(=O)N(C)c1ccccc1O2. The molecule has 2 aromatic carbocycles. The zero-order valence-electron chi connectivity index (χ0n) is 12.7. The first-order valence-corrected chi connectivity index (χ1v) is 8.76. The predicted molar refractivity (Wildman–Crippen MR) is 88.8 cm³/mol. The number of fused-ring (bicyclic) bond motifs is 2. The molecule has 0 saturated carbocycles. The van der Waals surface area contributed by atoms with Gasteiger partial charge in [-0.15, -0.1) is 0 Å². The maximum Gasteiger partial charge on any atom is 0.261 e. The second kappa shape index (κ2) is 5.58. The number of para-hydroxylation sites is 2. The Labute approximate surface area is 134 Å². The van der Waals surface area contributed by atoms with Crippen LogP contribution in [0, 0.1) is 0 Å². The van der Waals surface area contributed by atoms with Gasteiger partial charge in [0.25, 0.3) is 5.91 Å². The van der Waals surface area contributed by atoms with E-state index in [1.807, 2.05) is 12.1 Å². The topological polar surface area (TPSA) is 75.7 Å². The van der Waals surface area contributed by atoms with E-state index < -0.39 is 10.0 Å².